The molecule has 2 aromatic rings. The summed E-state index contributed by atoms with van der Waals surface area (Å²) in [5.41, 5.74) is 5.08. The third kappa shape index (κ3) is 3.49. The number of rotatable bonds is 5. The summed E-state index contributed by atoms with van der Waals surface area (Å²) in [4.78, 5) is 4.25. The van der Waals surface area contributed by atoms with E-state index in [9.17, 15) is 0 Å². The zero-order valence-electron chi connectivity index (χ0n) is 11.7. The molecule has 21 heavy (non-hydrogen) atoms. The summed E-state index contributed by atoms with van der Waals surface area (Å²) < 4.78 is 1.76. The van der Waals surface area contributed by atoms with E-state index in [0.29, 0.717) is 27.2 Å². The number of nitrogens with two attached hydrogens (primary N) is 1. The van der Waals surface area contributed by atoms with Crippen molar-refractivity contribution in [3.8, 4) is 0 Å². The summed E-state index contributed by atoms with van der Waals surface area (Å²) in [6.45, 7) is 2.01. The van der Waals surface area contributed by atoms with Gasteiger partial charge in [-0.3, -0.25) is 20.9 Å². The highest BCUT2D eigenvalue weighted by molar-refractivity contribution is 6.34. The molecule has 0 aliphatic carbocycles. The summed E-state index contributed by atoms with van der Waals surface area (Å²) in [7, 11) is 1.85. The summed E-state index contributed by atoms with van der Waals surface area (Å²) >= 11 is 18.4. The topological polar surface area (TPSA) is 68.8 Å². The third-order valence-electron chi connectivity index (χ3n) is 3.27. The molecule has 0 saturated carbocycles. The number of hydrogen-bond acceptors (Lipinski definition) is 4. The number of nitrogens with one attached hydrogen (secondary N) is 1. The highest BCUT2D eigenvalue weighted by atomic mass is 35.5. The van der Waals surface area contributed by atoms with E-state index >= 15 is 0 Å². The first-order valence-electron chi connectivity index (χ1n) is 6.45. The van der Waals surface area contributed by atoms with E-state index in [4.69, 9.17) is 40.6 Å². The predicted octanol–water partition coefficient (Wildman–Crippen LogP) is 3.08. The predicted molar refractivity (Wildman–Crippen MR) is 85.6 cm³/mol. The molecule has 114 valence electrons. The molecule has 2 aromatic heterocycles. The average molecular weight is 349 g/mol. The molecule has 0 aromatic carbocycles. The Labute approximate surface area is 138 Å². The van der Waals surface area contributed by atoms with Crippen LogP contribution in [0.4, 0.5) is 0 Å². The molecule has 0 radical (unpaired) electrons. The zero-order chi connectivity index (χ0) is 15.6. The quantitative estimate of drug-likeness (QED) is 0.643. The Bertz CT molecular complexity index is 641. The van der Waals surface area contributed by atoms with Crippen LogP contribution in [0, 0.1) is 0 Å². The number of hydrogen-bond donors (Lipinski definition) is 2. The highest BCUT2D eigenvalue weighted by Gasteiger charge is 2.21. The lowest BCUT2D eigenvalue weighted by Crippen LogP contribution is -2.31. The van der Waals surface area contributed by atoms with Crippen molar-refractivity contribution in [1.82, 2.24) is 20.2 Å². The zero-order valence-corrected chi connectivity index (χ0v) is 14.0. The molecule has 0 aliphatic rings. The Balaban J connectivity index is 2.33. The minimum Gasteiger partial charge on any atom is -0.271 e. The van der Waals surface area contributed by atoms with Gasteiger partial charge in [0, 0.05) is 19.7 Å². The van der Waals surface area contributed by atoms with Gasteiger partial charge in [-0.1, -0.05) is 41.7 Å². The lowest BCUT2D eigenvalue weighted by molar-refractivity contribution is 0.518. The van der Waals surface area contributed by atoms with Gasteiger partial charge in [0.1, 0.15) is 0 Å². The molecule has 5 nitrogen and oxygen atoms in total. The van der Waals surface area contributed by atoms with Gasteiger partial charge in [-0.05, 0) is 12.5 Å². The largest absolute Gasteiger partial charge is 0.271 e. The minimum atomic E-state index is -0.285. The fourth-order valence-corrected chi connectivity index (χ4v) is 3.03. The van der Waals surface area contributed by atoms with E-state index in [1.54, 1.807) is 10.7 Å². The van der Waals surface area contributed by atoms with Crippen LogP contribution in [0.25, 0.3) is 0 Å². The summed E-state index contributed by atoms with van der Waals surface area (Å²) in [6, 6.07) is 1.35. The Kier molecular flexibility index (Phi) is 5.46. The van der Waals surface area contributed by atoms with Crippen molar-refractivity contribution in [3.05, 3.63) is 44.4 Å². The van der Waals surface area contributed by atoms with Crippen molar-refractivity contribution >= 4 is 34.8 Å². The van der Waals surface area contributed by atoms with E-state index < -0.39 is 0 Å². The fourth-order valence-electron chi connectivity index (χ4n) is 2.15. The number of halogens is 3. The first-order valence-corrected chi connectivity index (χ1v) is 7.58. The molecular formula is C13H16Cl3N5. The van der Waals surface area contributed by atoms with Crippen molar-refractivity contribution in [2.24, 2.45) is 12.9 Å². The Hall–Kier alpha value is -0.850. The normalized spacial score (nSPS) is 12.7. The van der Waals surface area contributed by atoms with Crippen LogP contribution in [0.5, 0.6) is 0 Å². The maximum Gasteiger partial charge on any atom is 0.0850 e. The SMILES string of the molecule is CCc1nn(C)c(CC(NN)c2ncc(Cl)cc2Cl)c1Cl. The molecule has 2 rings (SSSR count). The third-order valence-corrected chi connectivity index (χ3v) is 4.21. The number of aryl methyl sites for hydroxylation is 2. The van der Waals surface area contributed by atoms with Crippen LogP contribution >= 0.6 is 34.8 Å². The van der Waals surface area contributed by atoms with Gasteiger partial charge in [0.25, 0.3) is 0 Å². The molecule has 3 N–H and O–H groups in total. The van der Waals surface area contributed by atoms with Crippen molar-refractivity contribution in [2.45, 2.75) is 25.8 Å². The second-order valence-electron chi connectivity index (χ2n) is 4.63. The standard InChI is InChI=1S/C13H16Cl3N5/c1-3-9-12(16)11(21(2)20-9)5-10(19-17)13-8(15)4-7(14)6-18-13/h4,6,10,19H,3,5,17H2,1-2H3. The molecule has 2 heterocycles. The molecule has 0 fully saturated rings. The summed E-state index contributed by atoms with van der Waals surface area (Å²) in [5.74, 6) is 5.64. The fraction of sp³-hybridized carbons (Fsp3) is 0.385. The monoisotopic (exact) mass is 347 g/mol. The lowest BCUT2D eigenvalue weighted by Gasteiger charge is -2.17. The van der Waals surface area contributed by atoms with Gasteiger partial charge in [0.05, 0.1) is 38.2 Å². The molecule has 0 saturated heterocycles. The van der Waals surface area contributed by atoms with Crippen molar-refractivity contribution in [1.29, 1.82) is 0 Å². The van der Waals surface area contributed by atoms with Crippen molar-refractivity contribution < 1.29 is 0 Å². The van der Waals surface area contributed by atoms with Crippen LogP contribution in [0.1, 0.15) is 30.0 Å². The van der Waals surface area contributed by atoms with Gasteiger partial charge in [-0.25, -0.2) is 0 Å². The molecule has 0 spiro atoms. The maximum atomic E-state index is 6.36. The number of pyridine rings is 1. The Morgan fingerprint density at radius 3 is 2.62 bits per heavy atom. The number of hydrazine groups is 1. The van der Waals surface area contributed by atoms with Gasteiger partial charge in [0.15, 0.2) is 0 Å². The molecule has 0 amide bonds. The Morgan fingerprint density at radius 1 is 1.38 bits per heavy atom. The first kappa shape index (κ1) is 16.5. The van der Waals surface area contributed by atoms with Gasteiger partial charge < -0.3 is 0 Å². The second-order valence-corrected chi connectivity index (χ2v) is 5.85. The molecule has 0 bridgehead atoms. The highest BCUT2D eigenvalue weighted by Crippen LogP contribution is 2.29. The lowest BCUT2D eigenvalue weighted by atomic mass is 10.1. The first-order chi connectivity index (χ1) is 9.97. The molecule has 8 heteroatoms. The van der Waals surface area contributed by atoms with Gasteiger partial charge in [-0.15, -0.1) is 0 Å². The maximum absolute atomic E-state index is 6.36. The van der Waals surface area contributed by atoms with E-state index in [1.807, 2.05) is 14.0 Å². The number of aromatic nitrogens is 3. The van der Waals surface area contributed by atoms with Crippen LogP contribution in [0.3, 0.4) is 0 Å². The van der Waals surface area contributed by atoms with Gasteiger partial charge >= 0.3 is 0 Å². The van der Waals surface area contributed by atoms with E-state index in [1.165, 1.54) is 6.20 Å². The smallest absolute Gasteiger partial charge is 0.0850 e. The molecule has 1 unspecified atom stereocenters. The van der Waals surface area contributed by atoms with Crippen molar-refractivity contribution in [3.63, 3.8) is 0 Å². The van der Waals surface area contributed by atoms with Crippen LogP contribution < -0.4 is 11.3 Å². The number of nitrogens with zero attached hydrogens (tertiary/aromatic N) is 3. The van der Waals surface area contributed by atoms with Crippen LogP contribution in [-0.2, 0) is 19.9 Å². The molecular weight excluding hydrogens is 333 g/mol. The van der Waals surface area contributed by atoms with E-state index in [0.717, 1.165) is 17.8 Å². The van der Waals surface area contributed by atoms with E-state index in [2.05, 4.69) is 15.5 Å². The molecule has 1 atom stereocenters. The van der Waals surface area contributed by atoms with Crippen molar-refractivity contribution in [2.75, 3.05) is 0 Å². The Morgan fingerprint density at radius 2 is 2.10 bits per heavy atom. The average Bonchev–Trinajstić information content (AvgIpc) is 2.72. The molecule has 0 aliphatic heterocycles. The van der Waals surface area contributed by atoms with Crippen LogP contribution in [0.15, 0.2) is 12.3 Å². The van der Waals surface area contributed by atoms with Gasteiger partial charge in [-0.2, -0.15) is 5.10 Å². The summed E-state index contributed by atoms with van der Waals surface area (Å²) in [6.07, 6.45) is 2.83. The van der Waals surface area contributed by atoms with E-state index in [-0.39, 0.29) is 6.04 Å². The summed E-state index contributed by atoms with van der Waals surface area (Å²) in [5, 5.41) is 5.98. The van der Waals surface area contributed by atoms with Crippen LogP contribution in [-0.4, -0.2) is 14.8 Å². The van der Waals surface area contributed by atoms with Crippen LogP contribution in [0.2, 0.25) is 15.1 Å². The van der Waals surface area contributed by atoms with Gasteiger partial charge in [0.2, 0.25) is 0 Å². The second kappa shape index (κ2) is 6.94. The minimum absolute atomic E-state index is 0.285.